The van der Waals surface area contributed by atoms with Crippen LogP contribution >= 0.6 is 15.9 Å². The third-order valence-electron chi connectivity index (χ3n) is 7.40. The zero-order valence-electron chi connectivity index (χ0n) is 24.8. The van der Waals surface area contributed by atoms with Gasteiger partial charge in [-0.2, -0.15) is 5.21 Å². The Kier molecular flexibility index (Phi) is 10.4. The molecule has 0 saturated heterocycles. The fraction of sp³-hybridized carbons (Fsp3) is 0.467. The number of methoxy groups -OCH3 is 1. The van der Waals surface area contributed by atoms with Gasteiger partial charge in [-0.1, -0.05) is 6.07 Å². The number of hydrogen-bond donors (Lipinski definition) is 3. The van der Waals surface area contributed by atoms with Crippen LogP contribution in [0, 0.1) is 11.8 Å². The Hall–Kier alpha value is -4.00. The molecule has 12 nitrogen and oxygen atoms in total. The number of aromatic nitrogens is 4. The second-order valence-electron chi connectivity index (χ2n) is 11.7. The van der Waals surface area contributed by atoms with E-state index in [1.165, 1.54) is 4.90 Å². The Balaban J connectivity index is 1.54. The van der Waals surface area contributed by atoms with Gasteiger partial charge in [-0.25, -0.2) is 4.79 Å². The molecule has 230 valence electrons. The van der Waals surface area contributed by atoms with Gasteiger partial charge in [-0.15, -0.1) is 10.2 Å². The van der Waals surface area contributed by atoms with Crippen molar-refractivity contribution < 1.29 is 23.9 Å². The molecule has 1 atom stereocenters. The lowest BCUT2D eigenvalue weighted by Crippen LogP contribution is -2.52. The molecule has 0 spiro atoms. The van der Waals surface area contributed by atoms with Crippen LogP contribution in [0.25, 0.3) is 11.4 Å². The summed E-state index contributed by atoms with van der Waals surface area (Å²) in [5.74, 6) is 0.210. The Morgan fingerprint density at radius 2 is 1.81 bits per heavy atom. The van der Waals surface area contributed by atoms with Gasteiger partial charge in [0.05, 0.1) is 11.6 Å². The molecule has 0 unspecified atom stereocenters. The van der Waals surface area contributed by atoms with Gasteiger partial charge in [-0.05, 0) is 115 Å². The highest BCUT2D eigenvalue weighted by Gasteiger charge is 2.36. The molecule has 43 heavy (non-hydrogen) atoms. The lowest BCUT2D eigenvalue weighted by Gasteiger charge is -2.36. The number of tetrazole rings is 1. The van der Waals surface area contributed by atoms with Gasteiger partial charge >= 0.3 is 6.09 Å². The van der Waals surface area contributed by atoms with Gasteiger partial charge in [0.1, 0.15) is 17.4 Å². The summed E-state index contributed by atoms with van der Waals surface area (Å²) >= 11 is 3.50. The number of rotatable bonds is 10. The Bertz CT molecular complexity index is 1400. The number of nitrogens with one attached hydrogen (secondary N) is 2. The number of anilines is 1. The maximum atomic E-state index is 14.2. The zero-order chi connectivity index (χ0) is 31.1. The largest absolute Gasteiger partial charge is 0.496 e. The Labute approximate surface area is 259 Å². The van der Waals surface area contributed by atoms with Crippen LogP contribution in [0.15, 0.2) is 46.9 Å². The van der Waals surface area contributed by atoms with Crippen LogP contribution in [0.3, 0.4) is 0 Å². The first-order valence-electron chi connectivity index (χ1n) is 14.2. The summed E-state index contributed by atoms with van der Waals surface area (Å²) < 4.78 is 11.4. The van der Waals surface area contributed by atoms with Crippen molar-refractivity contribution in [1.82, 2.24) is 25.9 Å². The smallest absolute Gasteiger partial charge is 0.407 e. The minimum atomic E-state index is -0.935. The summed E-state index contributed by atoms with van der Waals surface area (Å²) in [7, 11) is 1.58. The minimum absolute atomic E-state index is 0.165. The zero-order valence-corrected chi connectivity index (χ0v) is 26.4. The predicted molar refractivity (Wildman–Crippen MR) is 164 cm³/mol. The summed E-state index contributed by atoms with van der Waals surface area (Å²) in [6.45, 7) is 5.94. The van der Waals surface area contributed by atoms with Crippen LogP contribution < -0.4 is 20.7 Å². The van der Waals surface area contributed by atoms with Crippen LogP contribution in [0.4, 0.5) is 10.5 Å². The molecule has 1 fully saturated rings. The minimum Gasteiger partial charge on any atom is -0.496 e. The van der Waals surface area contributed by atoms with E-state index in [0.717, 1.165) is 22.9 Å². The van der Waals surface area contributed by atoms with E-state index in [2.05, 4.69) is 41.9 Å². The van der Waals surface area contributed by atoms with Gasteiger partial charge in [0.25, 0.3) is 0 Å². The van der Waals surface area contributed by atoms with Gasteiger partial charge in [0.2, 0.25) is 17.6 Å². The maximum Gasteiger partial charge on any atom is 0.407 e. The SMILES string of the molecule is COc1ccc(C[C@@H](C(N)=O)N(c2ccc(-c3nn[nH]n3)cc2)C(=O)[C@H]2CC[C@H](CNC(=O)OC(C)(C)C)CC2)cc1Br. The van der Waals surface area contributed by atoms with Crippen LogP contribution in [0.2, 0.25) is 0 Å². The quantitative estimate of drug-likeness (QED) is 0.289. The molecule has 4 N–H and O–H groups in total. The molecule has 3 aromatic rings. The van der Waals surface area contributed by atoms with Gasteiger partial charge < -0.3 is 20.5 Å². The fourth-order valence-electron chi connectivity index (χ4n) is 5.25. The van der Waals surface area contributed by atoms with Crippen molar-refractivity contribution in [2.24, 2.45) is 17.6 Å². The highest BCUT2D eigenvalue weighted by molar-refractivity contribution is 9.10. The third-order valence-corrected chi connectivity index (χ3v) is 8.02. The summed E-state index contributed by atoms with van der Waals surface area (Å²) in [6.07, 6.45) is 2.52. The molecule has 1 aliphatic carbocycles. The number of nitrogens with two attached hydrogens (primary N) is 1. The second kappa shape index (κ2) is 14.0. The first kappa shape index (κ1) is 31.9. The monoisotopic (exact) mass is 655 g/mol. The number of benzene rings is 2. The highest BCUT2D eigenvalue weighted by atomic mass is 79.9. The van der Waals surface area contributed by atoms with Crippen molar-refractivity contribution in [3.63, 3.8) is 0 Å². The molecule has 13 heteroatoms. The number of alkyl carbamates (subject to hydrolysis) is 1. The van der Waals surface area contributed by atoms with Crippen LogP contribution in [-0.2, 0) is 20.7 Å². The van der Waals surface area contributed by atoms with Crippen LogP contribution in [0.5, 0.6) is 5.75 Å². The molecule has 1 aromatic heterocycles. The number of aromatic amines is 1. The number of amides is 3. The van der Waals surface area contributed by atoms with E-state index in [1.54, 1.807) is 37.4 Å². The molecule has 0 aliphatic heterocycles. The van der Waals surface area contributed by atoms with Crippen LogP contribution in [0.1, 0.15) is 52.0 Å². The van der Waals surface area contributed by atoms with Crippen LogP contribution in [-0.4, -0.2) is 63.8 Å². The van der Waals surface area contributed by atoms with Crippen molar-refractivity contribution in [1.29, 1.82) is 0 Å². The molecule has 1 heterocycles. The Morgan fingerprint density at radius 3 is 2.37 bits per heavy atom. The van der Waals surface area contributed by atoms with Crippen molar-refractivity contribution in [3.8, 4) is 17.1 Å². The lowest BCUT2D eigenvalue weighted by atomic mass is 9.81. The topological polar surface area (TPSA) is 165 Å². The predicted octanol–water partition coefficient (Wildman–Crippen LogP) is 4.40. The number of H-pyrrole nitrogens is 1. The van der Waals surface area contributed by atoms with E-state index in [-0.39, 0.29) is 24.2 Å². The van der Waals surface area contributed by atoms with Crippen molar-refractivity contribution in [3.05, 3.63) is 52.5 Å². The highest BCUT2D eigenvalue weighted by Crippen LogP contribution is 2.34. The summed E-state index contributed by atoms with van der Waals surface area (Å²) in [6, 6.07) is 11.7. The summed E-state index contributed by atoms with van der Waals surface area (Å²) in [5.41, 5.74) is 7.47. The molecule has 4 rings (SSSR count). The lowest BCUT2D eigenvalue weighted by molar-refractivity contribution is -0.127. The van der Waals surface area contributed by atoms with E-state index in [0.29, 0.717) is 42.2 Å². The first-order valence-corrected chi connectivity index (χ1v) is 15.0. The van der Waals surface area contributed by atoms with Crippen molar-refractivity contribution in [2.45, 2.75) is 64.5 Å². The maximum absolute atomic E-state index is 14.2. The van der Waals surface area contributed by atoms with Crippen molar-refractivity contribution >= 4 is 39.5 Å². The number of halogens is 1. The van der Waals surface area contributed by atoms with Gasteiger partial charge in [-0.3, -0.25) is 14.5 Å². The number of carbonyl (C=O) groups excluding carboxylic acids is 3. The van der Waals surface area contributed by atoms with Gasteiger partial charge in [0, 0.05) is 30.1 Å². The first-order chi connectivity index (χ1) is 20.4. The molecular formula is C30H38BrN7O5. The number of carbonyl (C=O) groups is 3. The Morgan fingerprint density at radius 1 is 1.12 bits per heavy atom. The molecule has 0 bridgehead atoms. The number of nitrogens with zero attached hydrogens (tertiary/aromatic N) is 4. The molecule has 0 radical (unpaired) electrons. The molecule has 3 amide bonds. The number of hydrogen-bond acceptors (Lipinski definition) is 8. The second-order valence-corrected chi connectivity index (χ2v) is 12.5. The van der Waals surface area contributed by atoms with E-state index in [1.807, 2.05) is 32.9 Å². The molecule has 1 aliphatic rings. The van der Waals surface area contributed by atoms with E-state index in [4.69, 9.17) is 15.2 Å². The standard InChI is InChI=1S/C30H38BrN7O5/c1-30(2,3)43-29(41)33-17-18-5-8-21(9-6-18)28(40)38(22-12-10-20(11-13-22)27-34-36-37-35-27)24(26(32)39)16-19-7-14-25(42-4)23(31)15-19/h7,10-15,18,21,24H,5-6,8-9,16-17H2,1-4H3,(H2,32,39)(H,33,41)(H,34,35,36,37)/t18-,21-,24-/m0/s1. The molecular weight excluding hydrogens is 618 g/mol. The average molecular weight is 657 g/mol. The summed E-state index contributed by atoms with van der Waals surface area (Å²) in [5, 5.41) is 16.9. The molecule has 1 saturated carbocycles. The number of primary amides is 1. The average Bonchev–Trinajstić information content (AvgIpc) is 3.51. The van der Waals surface area contributed by atoms with E-state index < -0.39 is 23.6 Å². The van der Waals surface area contributed by atoms with Crippen molar-refractivity contribution in [2.75, 3.05) is 18.6 Å². The normalized spacial score (nSPS) is 17.5. The van der Waals surface area contributed by atoms with Gasteiger partial charge in [0.15, 0.2) is 0 Å². The number of ether oxygens (including phenoxy) is 2. The van der Waals surface area contributed by atoms with E-state index >= 15 is 0 Å². The fourth-order valence-corrected chi connectivity index (χ4v) is 5.84. The molecule has 2 aromatic carbocycles. The third kappa shape index (κ3) is 8.53. The van der Waals surface area contributed by atoms with E-state index in [9.17, 15) is 14.4 Å². The summed E-state index contributed by atoms with van der Waals surface area (Å²) in [4.78, 5) is 40.8.